The Bertz CT molecular complexity index is 474. The quantitative estimate of drug-likeness (QED) is 0.839. The van der Waals surface area contributed by atoms with Crippen LogP contribution in [0.4, 0.5) is 4.39 Å². The van der Waals surface area contributed by atoms with Crippen LogP contribution in [0, 0.1) is 5.82 Å². The predicted molar refractivity (Wildman–Crippen MR) is 63.3 cm³/mol. The first-order chi connectivity index (χ1) is 8.01. The van der Waals surface area contributed by atoms with E-state index in [1.54, 1.807) is 6.92 Å². The third kappa shape index (κ3) is 3.67. The SMILES string of the molecule is CCOc1ccc(S(=O)(=O)CCCN)cc1F. The first-order valence-corrected chi connectivity index (χ1v) is 7.01. The van der Waals surface area contributed by atoms with Gasteiger partial charge in [-0.2, -0.15) is 0 Å². The van der Waals surface area contributed by atoms with Gasteiger partial charge in [-0.05, 0) is 38.1 Å². The van der Waals surface area contributed by atoms with E-state index in [-0.39, 0.29) is 16.4 Å². The molecule has 1 rings (SSSR count). The summed E-state index contributed by atoms with van der Waals surface area (Å²) >= 11 is 0. The molecule has 0 spiro atoms. The third-order valence-electron chi connectivity index (χ3n) is 2.18. The maximum atomic E-state index is 13.5. The van der Waals surface area contributed by atoms with Crippen LogP contribution in [0.3, 0.4) is 0 Å². The van der Waals surface area contributed by atoms with Crippen LogP contribution in [0.1, 0.15) is 13.3 Å². The van der Waals surface area contributed by atoms with Crippen molar-refractivity contribution in [1.29, 1.82) is 0 Å². The van der Waals surface area contributed by atoms with Crippen LogP contribution in [0.15, 0.2) is 23.1 Å². The standard InChI is InChI=1S/C11H16FNO3S/c1-2-16-11-5-4-9(8-10(11)12)17(14,15)7-3-6-13/h4-5,8H,2-3,6-7,13H2,1H3. The zero-order chi connectivity index (χ0) is 12.9. The van der Waals surface area contributed by atoms with Gasteiger partial charge >= 0.3 is 0 Å². The van der Waals surface area contributed by atoms with Crippen molar-refractivity contribution in [2.24, 2.45) is 5.73 Å². The number of hydrogen-bond donors (Lipinski definition) is 1. The summed E-state index contributed by atoms with van der Waals surface area (Å²) in [5.74, 6) is -0.678. The van der Waals surface area contributed by atoms with E-state index in [1.165, 1.54) is 12.1 Å². The lowest BCUT2D eigenvalue weighted by molar-refractivity contribution is 0.321. The summed E-state index contributed by atoms with van der Waals surface area (Å²) in [5, 5.41) is 0. The van der Waals surface area contributed by atoms with Gasteiger partial charge in [0.1, 0.15) is 0 Å². The Hall–Kier alpha value is -1.14. The van der Waals surface area contributed by atoms with E-state index in [0.717, 1.165) is 6.07 Å². The van der Waals surface area contributed by atoms with Gasteiger partial charge in [-0.1, -0.05) is 0 Å². The van der Waals surface area contributed by atoms with E-state index in [4.69, 9.17) is 10.5 Å². The van der Waals surface area contributed by atoms with Crippen LogP contribution >= 0.6 is 0 Å². The van der Waals surface area contributed by atoms with Crippen molar-refractivity contribution in [3.8, 4) is 5.75 Å². The summed E-state index contributed by atoms with van der Waals surface area (Å²) in [4.78, 5) is -0.0353. The topological polar surface area (TPSA) is 69.4 Å². The number of rotatable bonds is 6. The fraction of sp³-hybridized carbons (Fsp3) is 0.455. The Morgan fingerprint density at radius 1 is 1.41 bits per heavy atom. The van der Waals surface area contributed by atoms with Gasteiger partial charge in [0.15, 0.2) is 21.4 Å². The highest BCUT2D eigenvalue weighted by Crippen LogP contribution is 2.22. The van der Waals surface area contributed by atoms with Crippen LogP contribution in [0.5, 0.6) is 5.75 Å². The molecule has 4 nitrogen and oxygen atoms in total. The molecule has 0 atom stereocenters. The first kappa shape index (κ1) is 13.9. The second-order valence-corrected chi connectivity index (χ2v) is 5.60. The summed E-state index contributed by atoms with van der Waals surface area (Å²) in [6.45, 7) is 2.35. The summed E-state index contributed by atoms with van der Waals surface area (Å²) in [6, 6.07) is 3.66. The van der Waals surface area contributed by atoms with Crippen LogP contribution in [0.2, 0.25) is 0 Å². The van der Waals surface area contributed by atoms with Crippen LogP contribution in [-0.2, 0) is 9.84 Å². The molecule has 0 fully saturated rings. The zero-order valence-electron chi connectivity index (χ0n) is 9.65. The molecule has 0 radical (unpaired) electrons. The Labute approximate surface area is 101 Å². The van der Waals surface area contributed by atoms with Gasteiger partial charge in [0.2, 0.25) is 0 Å². The van der Waals surface area contributed by atoms with Gasteiger partial charge in [0.25, 0.3) is 0 Å². The lowest BCUT2D eigenvalue weighted by atomic mass is 10.3. The second kappa shape index (κ2) is 5.97. The van der Waals surface area contributed by atoms with Gasteiger partial charge in [0.05, 0.1) is 17.3 Å². The normalized spacial score (nSPS) is 11.5. The number of halogens is 1. The van der Waals surface area contributed by atoms with Crippen molar-refractivity contribution in [3.63, 3.8) is 0 Å². The molecule has 0 aliphatic carbocycles. The molecule has 0 aliphatic rings. The fourth-order valence-electron chi connectivity index (χ4n) is 1.34. The van der Waals surface area contributed by atoms with E-state index < -0.39 is 15.7 Å². The highest BCUT2D eigenvalue weighted by atomic mass is 32.2. The molecule has 0 unspecified atom stereocenters. The molecule has 96 valence electrons. The van der Waals surface area contributed by atoms with Gasteiger partial charge in [-0.3, -0.25) is 0 Å². The van der Waals surface area contributed by atoms with E-state index >= 15 is 0 Å². The molecule has 0 aromatic heterocycles. The van der Waals surface area contributed by atoms with Gasteiger partial charge < -0.3 is 10.5 Å². The monoisotopic (exact) mass is 261 g/mol. The summed E-state index contributed by atoms with van der Waals surface area (Å²) in [7, 11) is -3.45. The van der Waals surface area contributed by atoms with Crippen LogP contribution in [0.25, 0.3) is 0 Å². The van der Waals surface area contributed by atoms with E-state index in [2.05, 4.69) is 0 Å². The molecule has 0 bridgehead atoms. The summed E-state index contributed by atoms with van der Waals surface area (Å²) in [6.07, 6.45) is 0.358. The molecule has 17 heavy (non-hydrogen) atoms. The molecule has 0 heterocycles. The number of benzene rings is 1. The van der Waals surface area contributed by atoms with Crippen molar-refractivity contribution in [1.82, 2.24) is 0 Å². The Kier molecular flexibility index (Phi) is 4.89. The molecule has 1 aromatic rings. The van der Waals surface area contributed by atoms with Crippen molar-refractivity contribution in [2.45, 2.75) is 18.2 Å². The minimum atomic E-state index is -3.45. The third-order valence-corrected chi connectivity index (χ3v) is 3.98. The molecule has 0 saturated carbocycles. The van der Waals surface area contributed by atoms with E-state index in [1.807, 2.05) is 0 Å². The number of hydrogen-bond acceptors (Lipinski definition) is 4. The predicted octanol–water partition coefficient (Wildman–Crippen LogP) is 1.35. The minimum Gasteiger partial charge on any atom is -0.491 e. The van der Waals surface area contributed by atoms with E-state index in [9.17, 15) is 12.8 Å². The van der Waals surface area contributed by atoms with Crippen LogP contribution < -0.4 is 10.5 Å². The van der Waals surface area contributed by atoms with Crippen molar-refractivity contribution >= 4 is 9.84 Å². The summed E-state index contributed by atoms with van der Waals surface area (Å²) in [5.41, 5.74) is 5.25. The molecule has 1 aromatic carbocycles. The minimum absolute atomic E-state index is 0.0353. The lowest BCUT2D eigenvalue weighted by Gasteiger charge is -2.07. The van der Waals surface area contributed by atoms with Gasteiger partial charge in [0, 0.05) is 0 Å². The van der Waals surface area contributed by atoms with Gasteiger partial charge in [-0.15, -0.1) is 0 Å². The van der Waals surface area contributed by atoms with Crippen molar-refractivity contribution in [2.75, 3.05) is 18.9 Å². The number of sulfone groups is 1. The molecule has 0 aliphatic heterocycles. The lowest BCUT2D eigenvalue weighted by Crippen LogP contribution is -2.11. The molecule has 0 amide bonds. The number of ether oxygens (including phenoxy) is 1. The van der Waals surface area contributed by atoms with Crippen LogP contribution in [-0.4, -0.2) is 27.3 Å². The molecule has 6 heteroatoms. The highest BCUT2D eigenvalue weighted by Gasteiger charge is 2.16. The van der Waals surface area contributed by atoms with Crippen molar-refractivity contribution in [3.05, 3.63) is 24.0 Å². The highest BCUT2D eigenvalue weighted by molar-refractivity contribution is 7.91. The molecule has 0 saturated heterocycles. The Morgan fingerprint density at radius 2 is 2.12 bits per heavy atom. The second-order valence-electron chi connectivity index (χ2n) is 3.49. The maximum absolute atomic E-state index is 13.5. The largest absolute Gasteiger partial charge is 0.491 e. The smallest absolute Gasteiger partial charge is 0.178 e. The molecule has 2 N–H and O–H groups in total. The Balaban J connectivity index is 2.96. The molecular weight excluding hydrogens is 245 g/mol. The maximum Gasteiger partial charge on any atom is 0.178 e. The van der Waals surface area contributed by atoms with Gasteiger partial charge in [-0.25, -0.2) is 12.8 Å². The summed E-state index contributed by atoms with van der Waals surface area (Å²) < 4.78 is 42.0. The zero-order valence-corrected chi connectivity index (χ0v) is 10.5. The van der Waals surface area contributed by atoms with E-state index in [0.29, 0.717) is 19.6 Å². The average Bonchev–Trinajstić information content (AvgIpc) is 2.29. The number of nitrogens with two attached hydrogens (primary N) is 1. The molecular formula is C11H16FNO3S. The van der Waals surface area contributed by atoms with Crippen molar-refractivity contribution < 1.29 is 17.5 Å². The Morgan fingerprint density at radius 3 is 2.65 bits per heavy atom. The first-order valence-electron chi connectivity index (χ1n) is 5.36. The fourth-order valence-corrected chi connectivity index (χ4v) is 2.68. The average molecular weight is 261 g/mol.